The van der Waals surface area contributed by atoms with Gasteiger partial charge in [-0.15, -0.1) is 0 Å². The lowest BCUT2D eigenvalue weighted by molar-refractivity contribution is 0.0699. The van der Waals surface area contributed by atoms with E-state index in [9.17, 15) is 4.79 Å². The summed E-state index contributed by atoms with van der Waals surface area (Å²) < 4.78 is 0. The van der Waals surface area contributed by atoms with Gasteiger partial charge in [0.25, 0.3) is 0 Å². The van der Waals surface area contributed by atoms with Crippen molar-refractivity contribution in [2.24, 2.45) is 0 Å². The van der Waals surface area contributed by atoms with Gasteiger partial charge in [0.05, 0.1) is 5.56 Å². The number of hydrogen-bond donors (Lipinski definition) is 2. The van der Waals surface area contributed by atoms with E-state index >= 15 is 0 Å². The highest BCUT2D eigenvalue weighted by molar-refractivity contribution is 6.07. The van der Waals surface area contributed by atoms with Gasteiger partial charge in [-0.05, 0) is 24.6 Å². The van der Waals surface area contributed by atoms with E-state index in [-0.39, 0.29) is 0 Å². The largest absolute Gasteiger partial charge is 0.478 e. The Morgan fingerprint density at radius 1 is 1.40 bits per heavy atom. The highest BCUT2D eigenvalue weighted by Gasteiger charge is 2.13. The highest BCUT2D eigenvalue weighted by atomic mass is 16.4. The monoisotopic (exact) mass is 201 g/mol. The van der Waals surface area contributed by atoms with Gasteiger partial charge in [0.15, 0.2) is 0 Å². The Morgan fingerprint density at radius 3 is 2.73 bits per heavy atom. The Labute approximate surface area is 87.0 Å². The van der Waals surface area contributed by atoms with E-state index in [1.54, 1.807) is 18.3 Å². The van der Waals surface area contributed by atoms with Gasteiger partial charge in [0, 0.05) is 22.7 Å². The summed E-state index contributed by atoms with van der Waals surface area (Å²) >= 11 is 0. The number of rotatable bonds is 2. The van der Waals surface area contributed by atoms with Crippen molar-refractivity contribution in [1.82, 2.24) is 4.98 Å². The number of benzene rings is 1. The Balaban J connectivity index is 2.86. The molecule has 0 aliphatic carbocycles. The molecule has 1 aromatic carbocycles. The molecule has 15 heavy (non-hydrogen) atoms. The van der Waals surface area contributed by atoms with Crippen molar-refractivity contribution in [2.45, 2.75) is 6.92 Å². The van der Waals surface area contributed by atoms with Crippen LogP contribution in [0.15, 0.2) is 31.0 Å². The third kappa shape index (κ3) is 1.42. The minimum atomic E-state index is -0.914. The predicted octanol–water partition coefficient (Wildman–Crippen LogP) is 2.90. The van der Waals surface area contributed by atoms with E-state index in [1.807, 2.05) is 13.0 Å². The van der Waals surface area contributed by atoms with Crippen LogP contribution < -0.4 is 0 Å². The summed E-state index contributed by atoms with van der Waals surface area (Å²) in [6.45, 7) is 5.70. The number of nitrogens with one attached hydrogen (secondary N) is 1. The van der Waals surface area contributed by atoms with Crippen LogP contribution in [0, 0.1) is 0 Å². The maximum absolute atomic E-state index is 11.0. The number of aromatic carboxylic acids is 1. The van der Waals surface area contributed by atoms with Crippen LogP contribution in [0.2, 0.25) is 0 Å². The number of aromatic amines is 1. The Morgan fingerprint density at radius 2 is 2.13 bits per heavy atom. The molecule has 2 aromatic rings. The second kappa shape index (κ2) is 3.28. The van der Waals surface area contributed by atoms with E-state index in [0.717, 1.165) is 22.0 Å². The predicted molar refractivity (Wildman–Crippen MR) is 60.0 cm³/mol. The van der Waals surface area contributed by atoms with Gasteiger partial charge >= 0.3 is 5.97 Å². The Bertz CT molecular complexity index is 552. The first-order valence-corrected chi connectivity index (χ1v) is 4.60. The zero-order chi connectivity index (χ0) is 11.0. The van der Waals surface area contributed by atoms with Crippen molar-refractivity contribution >= 4 is 22.4 Å². The van der Waals surface area contributed by atoms with Gasteiger partial charge in [0.2, 0.25) is 0 Å². The lowest BCUT2D eigenvalue weighted by Gasteiger charge is -2.01. The van der Waals surface area contributed by atoms with Crippen LogP contribution in [0.3, 0.4) is 0 Å². The second-order valence-corrected chi connectivity index (χ2v) is 3.52. The van der Waals surface area contributed by atoms with E-state index in [0.29, 0.717) is 5.56 Å². The quantitative estimate of drug-likeness (QED) is 0.784. The summed E-state index contributed by atoms with van der Waals surface area (Å²) in [6, 6.07) is 5.18. The van der Waals surface area contributed by atoms with Gasteiger partial charge < -0.3 is 10.1 Å². The summed E-state index contributed by atoms with van der Waals surface area (Å²) in [7, 11) is 0. The minimum Gasteiger partial charge on any atom is -0.478 e. The molecule has 76 valence electrons. The molecule has 0 spiro atoms. The number of fused-ring (bicyclic) bond motifs is 1. The number of allylic oxidation sites excluding steroid dienone is 1. The van der Waals surface area contributed by atoms with Gasteiger partial charge in [-0.1, -0.05) is 12.6 Å². The zero-order valence-corrected chi connectivity index (χ0v) is 8.37. The molecule has 1 heterocycles. The van der Waals surface area contributed by atoms with Gasteiger partial charge in [-0.2, -0.15) is 0 Å². The van der Waals surface area contributed by atoms with Gasteiger partial charge in [-0.3, -0.25) is 0 Å². The van der Waals surface area contributed by atoms with Gasteiger partial charge in [-0.25, -0.2) is 4.79 Å². The average Bonchev–Trinajstić information content (AvgIpc) is 2.60. The van der Waals surface area contributed by atoms with Crippen LogP contribution >= 0.6 is 0 Å². The second-order valence-electron chi connectivity index (χ2n) is 3.52. The van der Waals surface area contributed by atoms with E-state index in [2.05, 4.69) is 11.6 Å². The van der Waals surface area contributed by atoms with E-state index in [4.69, 9.17) is 5.11 Å². The molecule has 1 aromatic heterocycles. The van der Waals surface area contributed by atoms with Crippen molar-refractivity contribution < 1.29 is 9.90 Å². The summed E-state index contributed by atoms with van der Waals surface area (Å²) in [5.74, 6) is -0.914. The van der Waals surface area contributed by atoms with Crippen LogP contribution in [0.4, 0.5) is 0 Å². The van der Waals surface area contributed by atoms with E-state index < -0.39 is 5.97 Å². The normalized spacial score (nSPS) is 10.5. The molecule has 2 N–H and O–H groups in total. The lowest BCUT2D eigenvalue weighted by Crippen LogP contribution is -1.97. The first-order chi connectivity index (χ1) is 7.11. The minimum absolute atomic E-state index is 0.312. The molecule has 0 bridgehead atoms. The molecule has 0 unspecified atom stereocenters. The van der Waals surface area contributed by atoms with Gasteiger partial charge in [0.1, 0.15) is 0 Å². The summed E-state index contributed by atoms with van der Waals surface area (Å²) in [5, 5.41) is 9.80. The number of carboxylic acids is 1. The molecular formula is C12H11NO2. The maximum Gasteiger partial charge on any atom is 0.336 e. The van der Waals surface area contributed by atoms with E-state index in [1.165, 1.54) is 0 Å². The lowest BCUT2D eigenvalue weighted by atomic mass is 10.0. The third-order valence-electron chi connectivity index (χ3n) is 2.40. The highest BCUT2D eigenvalue weighted by Crippen LogP contribution is 2.26. The fourth-order valence-corrected chi connectivity index (χ4v) is 1.70. The summed E-state index contributed by atoms with van der Waals surface area (Å²) in [5.41, 5.74) is 2.86. The Hall–Kier alpha value is -2.03. The fraction of sp³-hybridized carbons (Fsp3) is 0.0833. The maximum atomic E-state index is 11.0. The smallest absolute Gasteiger partial charge is 0.336 e. The molecular weight excluding hydrogens is 190 g/mol. The Kier molecular flexibility index (Phi) is 2.08. The molecule has 3 heteroatoms. The van der Waals surface area contributed by atoms with Crippen LogP contribution in [0.25, 0.3) is 16.5 Å². The third-order valence-corrected chi connectivity index (χ3v) is 2.40. The molecule has 0 amide bonds. The summed E-state index contributed by atoms with van der Waals surface area (Å²) in [6.07, 6.45) is 1.79. The van der Waals surface area contributed by atoms with Crippen molar-refractivity contribution in [3.05, 3.63) is 42.1 Å². The molecule has 0 radical (unpaired) electrons. The molecule has 0 fully saturated rings. The molecule has 0 saturated carbocycles. The van der Waals surface area contributed by atoms with Crippen molar-refractivity contribution in [3.8, 4) is 0 Å². The summed E-state index contributed by atoms with van der Waals surface area (Å²) in [4.78, 5) is 14.1. The molecule has 3 nitrogen and oxygen atoms in total. The average molecular weight is 201 g/mol. The number of aromatic nitrogens is 1. The fourth-order valence-electron chi connectivity index (χ4n) is 1.70. The first-order valence-electron chi connectivity index (χ1n) is 4.60. The van der Waals surface area contributed by atoms with Crippen LogP contribution in [-0.2, 0) is 0 Å². The van der Waals surface area contributed by atoms with Crippen LogP contribution in [-0.4, -0.2) is 16.1 Å². The van der Waals surface area contributed by atoms with Crippen LogP contribution in [0.1, 0.15) is 22.8 Å². The SMILES string of the molecule is C=C(C)c1c[nH]c2cccc(C(=O)O)c12. The van der Waals surface area contributed by atoms with Crippen molar-refractivity contribution in [2.75, 3.05) is 0 Å². The number of hydrogen-bond acceptors (Lipinski definition) is 1. The van der Waals surface area contributed by atoms with Crippen LogP contribution in [0.5, 0.6) is 0 Å². The molecule has 0 saturated heterocycles. The zero-order valence-electron chi connectivity index (χ0n) is 8.37. The topological polar surface area (TPSA) is 53.1 Å². The molecule has 0 aliphatic rings. The van der Waals surface area contributed by atoms with Crippen molar-refractivity contribution in [3.63, 3.8) is 0 Å². The molecule has 0 atom stereocenters. The first kappa shape index (κ1) is 9.52. The number of H-pyrrole nitrogens is 1. The number of carboxylic acid groups (broad SMARTS) is 1. The van der Waals surface area contributed by atoms with Crippen molar-refractivity contribution in [1.29, 1.82) is 0 Å². The standard InChI is InChI=1S/C12H11NO2/c1-7(2)9-6-13-10-5-3-4-8(11(9)10)12(14)15/h3-6,13H,1H2,2H3,(H,14,15). The molecule has 0 aliphatic heterocycles. The number of carbonyl (C=O) groups is 1. The molecule has 2 rings (SSSR count).